The van der Waals surface area contributed by atoms with Crippen LogP contribution in [0.15, 0.2) is 34.4 Å². The van der Waals surface area contributed by atoms with Gasteiger partial charge in [0.15, 0.2) is 5.16 Å². The lowest BCUT2D eigenvalue weighted by molar-refractivity contribution is 0.878. The Labute approximate surface area is 132 Å². The van der Waals surface area contributed by atoms with E-state index in [4.69, 9.17) is 11.6 Å². The minimum Gasteiger partial charge on any atom is -0.227 e. The van der Waals surface area contributed by atoms with Crippen molar-refractivity contribution in [2.75, 3.05) is 0 Å². The van der Waals surface area contributed by atoms with Crippen molar-refractivity contribution < 1.29 is 0 Å². The summed E-state index contributed by atoms with van der Waals surface area (Å²) in [4.78, 5) is 17.6. The molecule has 0 amide bonds. The molecule has 2 aromatic heterocycles. The molecule has 0 unspecified atom stereocenters. The van der Waals surface area contributed by atoms with Crippen LogP contribution in [-0.2, 0) is 0 Å². The minimum atomic E-state index is 0.233. The fourth-order valence-corrected chi connectivity index (χ4v) is 3.15. The second kappa shape index (κ2) is 5.58. The van der Waals surface area contributed by atoms with E-state index in [1.807, 2.05) is 45.0 Å². The first-order valence-electron chi connectivity index (χ1n) is 6.46. The average molecular weight is 317 g/mol. The summed E-state index contributed by atoms with van der Waals surface area (Å²) in [6.45, 7) is 5.99. The van der Waals surface area contributed by atoms with Crippen LogP contribution in [0.4, 0.5) is 0 Å². The van der Waals surface area contributed by atoms with Crippen LogP contribution in [0.5, 0.6) is 0 Å². The van der Waals surface area contributed by atoms with Crippen LogP contribution in [0.25, 0.3) is 10.9 Å². The number of halogens is 1. The van der Waals surface area contributed by atoms with E-state index in [2.05, 4.69) is 19.9 Å². The molecular formula is C15H13ClN4S. The smallest absolute Gasteiger partial charge is 0.224 e. The maximum atomic E-state index is 6.00. The number of nitrogens with zero attached hydrogens (tertiary/aromatic N) is 4. The van der Waals surface area contributed by atoms with Gasteiger partial charge in [0.05, 0.1) is 5.52 Å². The average Bonchev–Trinajstić information content (AvgIpc) is 2.44. The molecule has 1 aromatic carbocycles. The van der Waals surface area contributed by atoms with Crippen molar-refractivity contribution >= 4 is 34.3 Å². The summed E-state index contributed by atoms with van der Waals surface area (Å²) in [6.07, 6.45) is 0. The first-order valence-corrected chi connectivity index (χ1v) is 7.66. The zero-order valence-corrected chi connectivity index (χ0v) is 13.5. The zero-order chi connectivity index (χ0) is 15.0. The van der Waals surface area contributed by atoms with E-state index in [-0.39, 0.29) is 5.28 Å². The Morgan fingerprint density at radius 3 is 2.29 bits per heavy atom. The second-order valence-corrected chi connectivity index (χ2v) is 6.01. The molecule has 2 heterocycles. The molecule has 0 aliphatic heterocycles. The van der Waals surface area contributed by atoms with Gasteiger partial charge < -0.3 is 0 Å². The summed E-state index contributed by atoms with van der Waals surface area (Å²) in [5.41, 5.74) is 3.90. The van der Waals surface area contributed by atoms with Gasteiger partial charge in [0.2, 0.25) is 5.28 Å². The highest BCUT2D eigenvalue weighted by Crippen LogP contribution is 2.30. The van der Waals surface area contributed by atoms with Gasteiger partial charge in [0.1, 0.15) is 5.03 Å². The zero-order valence-electron chi connectivity index (χ0n) is 11.9. The van der Waals surface area contributed by atoms with Gasteiger partial charge in [-0.2, -0.15) is 0 Å². The number of aryl methyl sites for hydroxylation is 2. The van der Waals surface area contributed by atoms with Crippen LogP contribution in [0.1, 0.15) is 17.0 Å². The third-order valence-corrected chi connectivity index (χ3v) is 4.38. The molecule has 4 nitrogen and oxygen atoms in total. The van der Waals surface area contributed by atoms with Crippen LogP contribution in [0.3, 0.4) is 0 Å². The van der Waals surface area contributed by atoms with E-state index in [0.29, 0.717) is 5.16 Å². The number of aromatic nitrogens is 4. The lowest BCUT2D eigenvalue weighted by Gasteiger charge is -2.08. The first-order chi connectivity index (χ1) is 10.0. The van der Waals surface area contributed by atoms with E-state index in [0.717, 1.165) is 32.9 Å². The maximum Gasteiger partial charge on any atom is 0.224 e. The van der Waals surface area contributed by atoms with E-state index >= 15 is 0 Å². The van der Waals surface area contributed by atoms with Crippen molar-refractivity contribution in [3.8, 4) is 0 Å². The largest absolute Gasteiger partial charge is 0.227 e. The molecule has 0 atom stereocenters. The number of hydrogen-bond donors (Lipinski definition) is 0. The minimum absolute atomic E-state index is 0.233. The molecular weight excluding hydrogens is 304 g/mol. The number of hydrogen-bond acceptors (Lipinski definition) is 5. The SMILES string of the molecule is Cc1nc(Sc2nc(Cl)nc3ccccc23)nc(C)c1C. The van der Waals surface area contributed by atoms with Crippen molar-refractivity contribution in [2.24, 2.45) is 0 Å². The molecule has 0 fully saturated rings. The van der Waals surface area contributed by atoms with E-state index < -0.39 is 0 Å². The molecule has 6 heteroatoms. The Morgan fingerprint density at radius 1 is 0.905 bits per heavy atom. The predicted octanol–water partition coefficient (Wildman–Crippen LogP) is 4.15. The second-order valence-electron chi connectivity index (χ2n) is 4.72. The Bertz CT molecular complexity index is 812. The molecule has 3 aromatic rings. The van der Waals surface area contributed by atoms with Crippen LogP contribution in [-0.4, -0.2) is 19.9 Å². The summed E-state index contributed by atoms with van der Waals surface area (Å²) in [5.74, 6) is 0. The molecule has 0 spiro atoms. The van der Waals surface area contributed by atoms with Gasteiger partial charge in [0.25, 0.3) is 0 Å². The maximum absolute atomic E-state index is 6.00. The summed E-state index contributed by atoms with van der Waals surface area (Å²) in [6, 6.07) is 7.77. The molecule has 0 N–H and O–H groups in total. The van der Waals surface area contributed by atoms with Gasteiger partial charge in [-0.25, -0.2) is 19.9 Å². The molecule has 0 radical (unpaired) electrons. The fourth-order valence-electron chi connectivity index (χ4n) is 1.97. The molecule has 106 valence electrons. The van der Waals surface area contributed by atoms with Crippen LogP contribution in [0.2, 0.25) is 5.28 Å². The van der Waals surface area contributed by atoms with Crippen molar-refractivity contribution in [3.05, 3.63) is 46.5 Å². The lowest BCUT2D eigenvalue weighted by atomic mass is 10.2. The predicted molar refractivity (Wildman–Crippen MR) is 84.9 cm³/mol. The number of para-hydroxylation sites is 1. The monoisotopic (exact) mass is 316 g/mol. The third-order valence-electron chi connectivity index (χ3n) is 3.34. The Hall–Kier alpha value is -1.72. The molecule has 3 rings (SSSR count). The fraction of sp³-hybridized carbons (Fsp3) is 0.200. The van der Waals surface area contributed by atoms with Gasteiger partial charge in [-0.3, -0.25) is 0 Å². The van der Waals surface area contributed by atoms with Crippen molar-refractivity contribution in [3.63, 3.8) is 0 Å². The molecule has 0 saturated carbocycles. The summed E-state index contributed by atoms with van der Waals surface area (Å²) in [7, 11) is 0. The Balaban J connectivity index is 2.10. The third kappa shape index (κ3) is 2.84. The Kier molecular flexibility index (Phi) is 3.78. The van der Waals surface area contributed by atoms with E-state index in [9.17, 15) is 0 Å². The van der Waals surface area contributed by atoms with Gasteiger partial charge in [-0.1, -0.05) is 18.2 Å². The van der Waals surface area contributed by atoms with Crippen molar-refractivity contribution in [1.82, 2.24) is 19.9 Å². The number of benzene rings is 1. The van der Waals surface area contributed by atoms with E-state index in [1.165, 1.54) is 11.8 Å². The quantitative estimate of drug-likeness (QED) is 0.525. The van der Waals surface area contributed by atoms with Gasteiger partial charge in [-0.15, -0.1) is 0 Å². The van der Waals surface area contributed by atoms with Crippen molar-refractivity contribution in [1.29, 1.82) is 0 Å². The summed E-state index contributed by atoms with van der Waals surface area (Å²) >= 11 is 7.41. The Morgan fingerprint density at radius 2 is 1.57 bits per heavy atom. The van der Waals surface area contributed by atoms with E-state index in [1.54, 1.807) is 0 Å². The number of fused-ring (bicyclic) bond motifs is 1. The molecule has 0 aliphatic rings. The van der Waals surface area contributed by atoms with Crippen LogP contribution < -0.4 is 0 Å². The normalized spacial score (nSPS) is 11.0. The topological polar surface area (TPSA) is 51.6 Å². The van der Waals surface area contributed by atoms with Gasteiger partial charge in [0, 0.05) is 16.8 Å². The highest BCUT2D eigenvalue weighted by Gasteiger charge is 2.11. The van der Waals surface area contributed by atoms with Crippen LogP contribution in [0, 0.1) is 20.8 Å². The highest BCUT2D eigenvalue weighted by atomic mass is 35.5. The van der Waals surface area contributed by atoms with Gasteiger partial charge in [-0.05, 0) is 55.8 Å². The summed E-state index contributed by atoms with van der Waals surface area (Å²) in [5, 5.41) is 2.63. The lowest BCUT2D eigenvalue weighted by Crippen LogP contribution is -1.98. The number of rotatable bonds is 2. The molecule has 21 heavy (non-hydrogen) atoms. The standard InChI is InChI=1S/C15H13ClN4S/c1-8-9(2)17-15(18-10(8)3)21-13-11-6-4-5-7-12(11)19-14(16)20-13/h4-7H,1-3H3. The van der Waals surface area contributed by atoms with Gasteiger partial charge >= 0.3 is 0 Å². The first kappa shape index (κ1) is 14.2. The van der Waals surface area contributed by atoms with Crippen molar-refractivity contribution in [2.45, 2.75) is 31.0 Å². The molecule has 0 aliphatic carbocycles. The molecule has 0 saturated heterocycles. The van der Waals surface area contributed by atoms with Crippen LogP contribution >= 0.6 is 23.4 Å². The summed E-state index contributed by atoms with van der Waals surface area (Å²) < 4.78 is 0. The molecule has 0 bridgehead atoms. The highest BCUT2D eigenvalue weighted by molar-refractivity contribution is 7.99.